The summed E-state index contributed by atoms with van der Waals surface area (Å²) < 4.78 is 7.28. The van der Waals surface area contributed by atoms with Gasteiger partial charge in [-0.2, -0.15) is 4.98 Å². The topological polar surface area (TPSA) is 197 Å². The number of fused-ring (bicyclic) bond motifs is 3. The van der Waals surface area contributed by atoms with Crippen LogP contribution in [-0.2, 0) is 14.4 Å². The molecule has 0 spiro atoms. The number of nitrogens with zero attached hydrogens (tertiary/aromatic N) is 4. The highest BCUT2D eigenvalue weighted by Crippen LogP contribution is 2.45. The number of allylic oxidation sites excluding steroid dienone is 1. The maximum atomic E-state index is 14.6. The van der Waals surface area contributed by atoms with E-state index in [0.717, 1.165) is 32.1 Å². The van der Waals surface area contributed by atoms with Crippen LogP contribution in [0.15, 0.2) is 65.5 Å². The fourth-order valence-corrected chi connectivity index (χ4v) is 9.20. The summed E-state index contributed by atoms with van der Waals surface area (Å²) in [6, 6.07) is 8.42. The lowest BCUT2D eigenvalue weighted by Gasteiger charge is -2.30. The van der Waals surface area contributed by atoms with Crippen molar-refractivity contribution in [2.45, 2.75) is 94.0 Å². The van der Waals surface area contributed by atoms with E-state index in [2.05, 4.69) is 36.8 Å². The lowest BCUT2D eigenvalue weighted by Crippen LogP contribution is -2.59. The van der Waals surface area contributed by atoms with E-state index in [9.17, 15) is 24.0 Å². The minimum atomic E-state index is -1.35. The van der Waals surface area contributed by atoms with Gasteiger partial charge in [0.2, 0.25) is 17.7 Å². The van der Waals surface area contributed by atoms with Crippen LogP contribution in [0.1, 0.15) is 73.9 Å². The first kappa shape index (κ1) is 37.5. The second-order valence-corrected chi connectivity index (χ2v) is 16.6. The van der Waals surface area contributed by atoms with Crippen molar-refractivity contribution in [2.75, 3.05) is 6.54 Å². The van der Waals surface area contributed by atoms with Gasteiger partial charge in [0, 0.05) is 24.6 Å². The zero-order valence-corrected chi connectivity index (χ0v) is 32.2. The molecule has 4 aliphatic rings. The number of amides is 6. The molecule has 4 aromatic rings. The highest BCUT2D eigenvalue weighted by atomic mass is 32.1. The number of aromatic nitrogens is 3. The monoisotopic (exact) mass is 797 g/mol. The predicted molar refractivity (Wildman–Crippen MR) is 209 cm³/mol. The lowest BCUT2D eigenvalue weighted by atomic mass is 10.0. The average Bonchev–Trinajstić information content (AvgIpc) is 3.87. The van der Waals surface area contributed by atoms with E-state index in [-0.39, 0.29) is 24.9 Å². The Morgan fingerprint density at radius 1 is 0.929 bits per heavy atom. The van der Waals surface area contributed by atoms with E-state index in [4.69, 9.17) is 9.72 Å². The smallest absolute Gasteiger partial charge is 0.315 e. The van der Waals surface area contributed by atoms with Gasteiger partial charge in [-0.3, -0.25) is 35.0 Å². The maximum Gasteiger partial charge on any atom is 0.315 e. The standard InChI is InChI=1S/C39H43N9O6S2/c49-33-29-20-25(54-35-31-26(16-19-56-31)42-32(44-35)27-13-7-8-17-40-27)22-48(29)36(51)28(43-38(53)41-24-11-5-6-12-24)14-4-2-1-3-10-23-21-39(23,45-33)37(52)47-46-34(50)30-15-9-18-55-30/h3,7-10,13,15-19,23-25,28-29H,1-2,4-6,11-12,14,20-22H2,(H,45,49)(H,46,50)(H,47,52)(H2,41,43,53)/b10-3-/t23-,25-,28+,29+,39-/m1/s1. The molecule has 0 radical (unpaired) electrons. The molecule has 3 fully saturated rings. The molecule has 292 valence electrons. The molecule has 6 heterocycles. The minimum Gasteiger partial charge on any atom is -0.471 e. The average molecular weight is 798 g/mol. The van der Waals surface area contributed by atoms with Crippen molar-refractivity contribution in [3.63, 3.8) is 0 Å². The van der Waals surface area contributed by atoms with Gasteiger partial charge >= 0.3 is 6.03 Å². The third kappa shape index (κ3) is 8.09. The molecule has 2 aliphatic carbocycles. The second kappa shape index (κ2) is 16.4. The molecule has 2 aliphatic heterocycles. The van der Waals surface area contributed by atoms with Crippen LogP contribution >= 0.6 is 22.7 Å². The highest BCUT2D eigenvalue weighted by molar-refractivity contribution is 7.17. The molecule has 15 nitrogen and oxygen atoms in total. The summed E-state index contributed by atoms with van der Waals surface area (Å²) in [7, 11) is 0. The van der Waals surface area contributed by atoms with Gasteiger partial charge in [-0.25, -0.2) is 9.78 Å². The summed E-state index contributed by atoms with van der Waals surface area (Å²) in [4.78, 5) is 84.5. The number of nitrogens with one attached hydrogen (secondary N) is 5. The molecular weight excluding hydrogens is 755 g/mol. The van der Waals surface area contributed by atoms with Gasteiger partial charge in [-0.1, -0.05) is 43.5 Å². The number of pyridine rings is 1. The van der Waals surface area contributed by atoms with Crippen molar-refractivity contribution in [1.82, 2.24) is 46.7 Å². The lowest BCUT2D eigenvalue weighted by molar-refractivity contribution is -0.141. The number of carbonyl (C=O) groups excluding carboxylic acids is 5. The zero-order valence-electron chi connectivity index (χ0n) is 30.6. The first-order valence-corrected chi connectivity index (χ1v) is 20.9. The van der Waals surface area contributed by atoms with Crippen molar-refractivity contribution in [2.24, 2.45) is 5.92 Å². The van der Waals surface area contributed by atoms with E-state index < -0.39 is 53.4 Å². The highest BCUT2D eigenvalue weighted by Gasteiger charge is 2.61. The van der Waals surface area contributed by atoms with Crippen LogP contribution in [0.4, 0.5) is 4.79 Å². The fraction of sp³-hybridized carbons (Fsp3) is 0.436. The molecule has 8 rings (SSSR count). The summed E-state index contributed by atoms with van der Waals surface area (Å²) in [5, 5.41) is 12.6. The molecule has 5 N–H and O–H groups in total. The Labute approximate surface area is 331 Å². The summed E-state index contributed by atoms with van der Waals surface area (Å²) in [6.07, 6.45) is 11.7. The summed E-state index contributed by atoms with van der Waals surface area (Å²) >= 11 is 2.65. The van der Waals surface area contributed by atoms with Gasteiger partial charge in [0.05, 0.1) is 16.9 Å². The van der Waals surface area contributed by atoms with Gasteiger partial charge < -0.3 is 25.6 Å². The quantitative estimate of drug-likeness (QED) is 0.134. The van der Waals surface area contributed by atoms with Crippen molar-refractivity contribution in [1.29, 1.82) is 0 Å². The van der Waals surface area contributed by atoms with E-state index in [0.29, 0.717) is 58.2 Å². The predicted octanol–water partition coefficient (Wildman–Crippen LogP) is 4.24. The van der Waals surface area contributed by atoms with Crippen molar-refractivity contribution < 1.29 is 28.7 Å². The van der Waals surface area contributed by atoms with Crippen LogP contribution in [0.3, 0.4) is 0 Å². The number of ether oxygens (including phenoxy) is 1. The molecule has 0 bridgehead atoms. The SMILES string of the molecule is O=C(NC1CCCC1)N[C@H]1CCCC/C=C\[C@@H]2C[C@@]2(C(=O)NNC(=O)c2cccs2)NC(=O)[C@@H]2C[C@@H](Oc3nc(-c4ccccn4)nc4ccsc34)CN2C1=O. The number of rotatable bonds is 7. The molecule has 2 saturated carbocycles. The Hall–Kier alpha value is -5.42. The first-order chi connectivity index (χ1) is 27.3. The number of hydrogen-bond donors (Lipinski definition) is 5. The van der Waals surface area contributed by atoms with Crippen LogP contribution in [-0.4, -0.2) is 85.8 Å². The molecule has 17 heteroatoms. The van der Waals surface area contributed by atoms with Gasteiger partial charge in [-0.15, -0.1) is 22.7 Å². The van der Waals surface area contributed by atoms with Crippen LogP contribution in [0.5, 0.6) is 5.88 Å². The van der Waals surface area contributed by atoms with Crippen LogP contribution in [0.25, 0.3) is 21.7 Å². The van der Waals surface area contributed by atoms with E-state index in [1.54, 1.807) is 35.8 Å². The summed E-state index contributed by atoms with van der Waals surface area (Å²) in [6.45, 7) is 0.0362. The summed E-state index contributed by atoms with van der Waals surface area (Å²) in [5.41, 5.74) is 4.89. The summed E-state index contributed by atoms with van der Waals surface area (Å²) in [5.74, 6) is -1.61. The largest absolute Gasteiger partial charge is 0.471 e. The maximum absolute atomic E-state index is 14.6. The Kier molecular flexibility index (Phi) is 11.0. The van der Waals surface area contributed by atoms with Crippen LogP contribution in [0.2, 0.25) is 0 Å². The van der Waals surface area contributed by atoms with Gasteiger partial charge in [0.15, 0.2) is 5.82 Å². The Bertz CT molecular complexity index is 2120. The molecule has 1 saturated heterocycles. The van der Waals surface area contributed by atoms with Crippen molar-refractivity contribution >= 4 is 62.6 Å². The third-order valence-electron chi connectivity index (χ3n) is 10.9. The molecule has 4 aromatic heterocycles. The van der Waals surface area contributed by atoms with Crippen LogP contribution in [0, 0.1) is 5.92 Å². The normalized spacial score (nSPS) is 26.0. The Morgan fingerprint density at radius 3 is 2.59 bits per heavy atom. The van der Waals surface area contributed by atoms with E-state index >= 15 is 0 Å². The number of hydrazine groups is 1. The number of urea groups is 1. The van der Waals surface area contributed by atoms with E-state index in [1.165, 1.54) is 27.6 Å². The number of carbonyl (C=O) groups is 5. The van der Waals surface area contributed by atoms with Crippen LogP contribution < -0.4 is 31.5 Å². The fourth-order valence-electron chi connectivity index (χ4n) is 7.82. The van der Waals surface area contributed by atoms with Gasteiger partial charge in [-0.05, 0) is 73.6 Å². The molecule has 6 amide bonds. The molecule has 0 unspecified atom stereocenters. The third-order valence-corrected chi connectivity index (χ3v) is 12.6. The molecule has 5 atom stereocenters. The Morgan fingerprint density at radius 2 is 1.79 bits per heavy atom. The van der Waals surface area contributed by atoms with E-state index in [1.807, 2.05) is 29.7 Å². The van der Waals surface area contributed by atoms with Gasteiger partial charge in [0.1, 0.15) is 34.1 Å². The zero-order chi connectivity index (χ0) is 38.6. The van der Waals surface area contributed by atoms with Crippen molar-refractivity contribution in [3.05, 3.63) is 70.4 Å². The first-order valence-electron chi connectivity index (χ1n) is 19.1. The van der Waals surface area contributed by atoms with Gasteiger partial charge in [0.25, 0.3) is 11.8 Å². The molecule has 56 heavy (non-hydrogen) atoms. The Balaban J connectivity index is 1.07. The second-order valence-electron chi connectivity index (χ2n) is 14.7. The molecule has 0 aromatic carbocycles. The minimum absolute atomic E-state index is 0.0362. The van der Waals surface area contributed by atoms with Crippen molar-refractivity contribution in [3.8, 4) is 17.4 Å². The number of hydrogen-bond acceptors (Lipinski definition) is 11. The molecular formula is C39H43N9O6S2. The number of thiophene rings is 2.